The minimum Gasteiger partial charge on any atom is -0.487 e. The van der Waals surface area contributed by atoms with Crippen molar-refractivity contribution in [3.8, 4) is 5.75 Å². The Morgan fingerprint density at radius 3 is 2.67 bits per heavy atom. The van der Waals surface area contributed by atoms with E-state index in [1.54, 1.807) is 17.4 Å². The minimum absolute atomic E-state index is 0.235. The number of hydrogen-bond donors (Lipinski definition) is 1. The lowest BCUT2D eigenvalue weighted by atomic mass is 10.2. The molecule has 27 heavy (non-hydrogen) atoms. The van der Waals surface area contributed by atoms with E-state index < -0.39 is 0 Å². The first-order chi connectivity index (χ1) is 13.0. The third-order valence-corrected chi connectivity index (χ3v) is 5.49. The molecule has 140 valence electrons. The van der Waals surface area contributed by atoms with Crippen LogP contribution in [0.3, 0.4) is 0 Å². The molecule has 0 aliphatic rings. The van der Waals surface area contributed by atoms with Crippen LogP contribution in [0.4, 0.5) is 5.13 Å². The van der Waals surface area contributed by atoms with Crippen molar-refractivity contribution < 1.29 is 9.53 Å². The van der Waals surface area contributed by atoms with Crippen LogP contribution in [-0.4, -0.2) is 21.1 Å². The summed E-state index contributed by atoms with van der Waals surface area (Å²) in [6.07, 6.45) is 3.22. The van der Waals surface area contributed by atoms with E-state index in [1.165, 1.54) is 17.4 Å². The minimum atomic E-state index is -0.235. The van der Waals surface area contributed by atoms with E-state index in [0.29, 0.717) is 17.7 Å². The van der Waals surface area contributed by atoms with Gasteiger partial charge in [-0.25, -0.2) is 4.98 Å². The van der Waals surface area contributed by atoms with Gasteiger partial charge in [-0.3, -0.25) is 10.1 Å². The van der Waals surface area contributed by atoms with Crippen LogP contribution >= 0.6 is 22.7 Å². The van der Waals surface area contributed by atoms with Crippen LogP contribution in [0.25, 0.3) is 6.08 Å². The zero-order valence-corrected chi connectivity index (χ0v) is 16.9. The Morgan fingerprint density at radius 2 is 2.04 bits per heavy atom. The van der Waals surface area contributed by atoms with E-state index in [2.05, 4.69) is 20.5 Å². The lowest BCUT2D eigenvalue weighted by Gasteiger charge is -2.04. The van der Waals surface area contributed by atoms with Crippen molar-refractivity contribution in [2.45, 2.75) is 33.3 Å². The van der Waals surface area contributed by atoms with Crippen LogP contribution in [0.15, 0.2) is 35.7 Å². The maximum absolute atomic E-state index is 12.0. The molecule has 0 aliphatic carbocycles. The molecule has 6 nitrogen and oxygen atoms in total. The first kappa shape index (κ1) is 19.2. The molecule has 1 amide bonds. The fourth-order valence-electron chi connectivity index (χ4n) is 2.14. The highest BCUT2D eigenvalue weighted by Crippen LogP contribution is 2.22. The molecule has 0 spiro atoms. The number of rotatable bonds is 7. The summed E-state index contributed by atoms with van der Waals surface area (Å²) >= 11 is 3.00. The summed E-state index contributed by atoms with van der Waals surface area (Å²) in [5.74, 6) is 0.821. The van der Waals surface area contributed by atoms with Crippen molar-refractivity contribution in [3.63, 3.8) is 0 Å². The molecule has 3 aromatic rings. The highest BCUT2D eigenvalue weighted by atomic mass is 32.1. The van der Waals surface area contributed by atoms with E-state index in [-0.39, 0.29) is 5.91 Å². The van der Waals surface area contributed by atoms with Gasteiger partial charge in [0, 0.05) is 17.4 Å². The zero-order chi connectivity index (χ0) is 19.2. The number of amides is 1. The van der Waals surface area contributed by atoms with Crippen LogP contribution in [0.1, 0.15) is 41.0 Å². The monoisotopic (exact) mass is 400 g/mol. The van der Waals surface area contributed by atoms with Crippen molar-refractivity contribution in [2.24, 2.45) is 0 Å². The molecule has 0 fully saturated rings. The number of carbonyl (C=O) groups is 1. The quantitative estimate of drug-likeness (QED) is 0.584. The van der Waals surface area contributed by atoms with Crippen molar-refractivity contribution >= 4 is 39.8 Å². The van der Waals surface area contributed by atoms with E-state index in [1.807, 2.05) is 50.4 Å². The molecule has 0 bridgehead atoms. The number of nitrogens with one attached hydrogen (secondary N) is 1. The Kier molecular flexibility index (Phi) is 6.31. The second kappa shape index (κ2) is 8.88. The Labute approximate surface area is 166 Å². The number of thiazole rings is 1. The molecule has 1 aromatic carbocycles. The first-order valence-corrected chi connectivity index (χ1v) is 10.2. The topological polar surface area (TPSA) is 77.0 Å². The van der Waals surface area contributed by atoms with Gasteiger partial charge in [-0.05, 0) is 30.7 Å². The van der Waals surface area contributed by atoms with Crippen molar-refractivity contribution in [3.05, 3.63) is 57.0 Å². The third-order valence-electron chi connectivity index (χ3n) is 3.53. The van der Waals surface area contributed by atoms with Gasteiger partial charge in [0.15, 0.2) is 0 Å². The molecule has 0 radical (unpaired) electrons. The van der Waals surface area contributed by atoms with Gasteiger partial charge in [0.05, 0.1) is 10.7 Å². The lowest BCUT2D eigenvalue weighted by Crippen LogP contribution is -2.07. The summed E-state index contributed by atoms with van der Waals surface area (Å²) in [7, 11) is 0. The molecule has 0 unspecified atom stereocenters. The number of nitrogens with zero attached hydrogens (tertiary/aromatic N) is 3. The van der Waals surface area contributed by atoms with E-state index in [0.717, 1.165) is 27.0 Å². The highest BCUT2D eigenvalue weighted by molar-refractivity contribution is 7.15. The maximum Gasteiger partial charge on any atom is 0.250 e. The Balaban J connectivity index is 1.51. The summed E-state index contributed by atoms with van der Waals surface area (Å²) in [4.78, 5) is 16.4. The molecule has 1 N–H and O–H groups in total. The van der Waals surface area contributed by atoms with Gasteiger partial charge in [0.2, 0.25) is 11.0 Å². The number of anilines is 1. The van der Waals surface area contributed by atoms with Crippen LogP contribution in [-0.2, 0) is 11.4 Å². The molecule has 0 atom stereocenters. The summed E-state index contributed by atoms with van der Waals surface area (Å²) in [6.45, 7) is 6.50. The average Bonchev–Trinajstić information content (AvgIpc) is 3.28. The van der Waals surface area contributed by atoms with Gasteiger partial charge in [0.1, 0.15) is 17.4 Å². The van der Waals surface area contributed by atoms with E-state index >= 15 is 0 Å². The number of aromatic nitrogens is 3. The SMILES string of the molecule is Cc1nc(COc2ccc(/C=C/C(=O)Nc3nnc(C(C)C)s3)cc2)cs1. The van der Waals surface area contributed by atoms with Gasteiger partial charge < -0.3 is 4.74 Å². The van der Waals surface area contributed by atoms with Crippen LogP contribution in [0.2, 0.25) is 0 Å². The van der Waals surface area contributed by atoms with E-state index in [4.69, 9.17) is 4.74 Å². The summed E-state index contributed by atoms with van der Waals surface area (Å²) in [5.41, 5.74) is 1.83. The van der Waals surface area contributed by atoms with Gasteiger partial charge in [-0.2, -0.15) is 0 Å². The van der Waals surface area contributed by atoms with Gasteiger partial charge in [-0.15, -0.1) is 21.5 Å². The molecule has 0 saturated carbocycles. The van der Waals surface area contributed by atoms with E-state index in [9.17, 15) is 4.79 Å². The van der Waals surface area contributed by atoms with Crippen molar-refractivity contribution in [2.75, 3.05) is 5.32 Å². The molecule has 3 rings (SSSR count). The second-order valence-corrected chi connectivity index (χ2v) is 8.21. The Hall–Kier alpha value is -2.58. The standard InChI is InChI=1S/C19H20N4O2S2/c1-12(2)18-22-23-19(27-18)21-17(24)9-6-14-4-7-16(8-5-14)25-10-15-11-26-13(3)20-15/h4-9,11-12H,10H2,1-3H3,(H,21,23,24)/b9-6+. The maximum atomic E-state index is 12.0. The lowest BCUT2D eigenvalue weighted by molar-refractivity contribution is -0.111. The number of aryl methyl sites for hydroxylation is 1. The van der Waals surface area contributed by atoms with Crippen molar-refractivity contribution in [1.82, 2.24) is 15.2 Å². The molecule has 2 heterocycles. The van der Waals surface area contributed by atoms with Crippen LogP contribution in [0.5, 0.6) is 5.75 Å². The Morgan fingerprint density at radius 1 is 1.26 bits per heavy atom. The van der Waals surface area contributed by atoms with Gasteiger partial charge in [-0.1, -0.05) is 37.3 Å². The summed E-state index contributed by atoms with van der Waals surface area (Å²) in [6, 6.07) is 7.54. The fraction of sp³-hybridized carbons (Fsp3) is 0.263. The van der Waals surface area contributed by atoms with Crippen molar-refractivity contribution in [1.29, 1.82) is 0 Å². The molecule has 0 saturated heterocycles. The van der Waals surface area contributed by atoms with Crippen LogP contribution in [0, 0.1) is 6.92 Å². The zero-order valence-electron chi connectivity index (χ0n) is 15.3. The third kappa shape index (κ3) is 5.70. The largest absolute Gasteiger partial charge is 0.487 e. The average molecular weight is 401 g/mol. The Bertz CT molecular complexity index is 929. The number of benzene rings is 1. The first-order valence-electron chi connectivity index (χ1n) is 8.46. The molecule has 0 aliphatic heterocycles. The molecular weight excluding hydrogens is 380 g/mol. The molecule has 8 heteroatoms. The van der Waals surface area contributed by atoms with Gasteiger partial charge in [0.25, 0.3) is 0 Å². The number of carbonyl (C=O) groups excluding carboxylic acids is 1. The number of hydrogen-bond acceptors (Lipinski definition) is 7. The second-order valence-electron chi connectivity index (χ2n) is 6.14. The highest BCUT2D eigenvalue weighted by Gasteiger charge is 2.08. The normalized spacial score (nSPS) is 11.3. The summed E-state index contributed by atoms with van der Waals surface area (Å²) in [5, 5.41) is 15.2. The molecule has 2 aromatic heterocycles. The fourth-order valence-corrected chi connectivity index (χ4v) is 3.49. The molecular formula is C19H20N4O2S2. The predicted molar refractivity (Wildman–Crippen MR) is 109 cm³/mol. The summed E-state index contributed by atoms with van der Waals surface area (Å²) < 4.78 is 5.71. The smallest absolute Gasteiger partial charge is 0.250 e. The van der Waals surface area contributed by atoms with Gasteiger partial charge >= 0.3 is 0 Å². The van der Waals surface area contributed by atoms with Crippen LogP contribution < -0.4 is 10.1 Å². The predicted octanol–water partition coefficient (Wildman–Crippen LogP) is 4.66. The number of ether oxygens (including phenoxy) is 1.